The fourth-order valence-corrected chi connectivity index (χ4v) is 3.06. The Labute approximate surface area is 103 Å². The van der Waals surface area contributed by atoms with Gasteiger partial charge >= 0.3 is 5.97 Å². The molecule has 17 heavy (non-hydrogen) atoms. The van der Waals surface area contributed by atoms with E-state index in [-0.39, 0.29) is 6.04 Å². The molecule has 6 heteroatoms. The first kappa shape index (κ1) is 11.1. The van der Waals surface area contributed by atoms with E-state index in [1.807, 2.05) is 0 Å². The molecular formula is C11H14N2O3S. The summed E-state index contributed by atoms with van der Waals surface area (Å²) in [7, 11) is 0. The fraction of sp³-hybridized carbons (Fsp3) is 0.636. The summed E-state index contributed by atoms with van der Waals surface area (Å²) >= 11 is 1.29. The van der Waals surface area contributed by atoms with Crippen LogP contribution in [0.1, 0.15) is 45.2 Å². The number of carboxylic acids is 1. The van der Waals surface area contributed by atoms with Gasteiger partial charge in [0.15, 0.2) is 0 Å². The quantitative estimate of drug-likeness (QED) is 0.852. The Hall–Kier alpha value is -0.980. The van der Waals surface area contributed by atoms with Crippen molar-refractivity contribution < 1.29 is 14.6 Å². The third-order valence-electron chi connectivity index (χ3n) is 3.05. The molecule has 0 spiro atoms. The average molecular weight is 254 g/mol. The number of nitrogens with zero attached hydrogens (tertiary/aromatic N) is 1. The van der Waals surface area contributed by atoms with Gasteiger partial charge in [-0.15, -0.1) is 11.3 Å². The molecule has 1 aliphatic carbocycles. The maximum absolute atomic E-state index is 11.2. The minimum Gasteiger partial charge on any atom is -0.477 e. The standard InChI is InChI=1S/C11H14N2O3S/c14-11(15)9-8(6-1-2-6)13-10(17-9)7-5-16-4-3-12-7/h6-7,12H,1-5H2,(H,14,15). The number of carbonyl (C=O) groups is 1. The van der Waals surface area contributed by atoms with Crippen LogP contribution in [0.5, 0.6) is 0 Å². The summed E-state index contributed by atoms with van der Waals surface area (Å²) in [6.45, 7) is 2.09. The van der Waals surface area contributed by atoms with Crippen molar-refractivity contribution in [2.45, 2.75) is 24.8 Å². The Morgan fingerprint density at radius 1 is 1.53 bits per heavy atom. The number of hydrogen-bond acceptors (Lipinski definition) is 5. The Morgan fingerprint density at radius 3 is 2.94 bits per heavy atom. The van der Waals surface area contributed by atoms with E-state index in [1.54, 1.807) is 0 Å². The smallest absolute Gasteiger partial charge is 0.347 e. The molecule has 5 nitrogen and oxygen atoms in total. The number of morpholine rings is 1. The maximum Gasteiger partial charge on any atom is 0.347 e. The van der Waals surface area contributed by atoms with Gasteiger partial charge in [-0.3, -0.25) is 0 Å². The summed E-state index contributed by atoms with van der Waals surface area (Å²) in [5.41, 5.74) is 0.782. The van der Waals surface area contributed by atoms with Crippen molar-refractivity contribution in [2.24, 2.45) is 0 Å². The van der Waals surface area contributed by atoms with E-state index >= 15 is 0 Å². The van der Waals surface area contributed by atoms with Crippen molar-refractivity contribution in [3.05, 3.63) is 15.6 Å². The van der Waals surface area contributed by atoms with Gasteiger partial charge < -0.3 is 15.2 Å². The number of aromatic carboxylic acids is 1. The zero-order valence-electron chi connectivity index (χ0n) is 9.31. The number of ether oxygens (including phenoxy) is 1. The molecule has 2 aliphatic rings. The lowest BCUT2D eigenvalue weighted by Crippen LogP contribution is -2.34. The van der Waals surface area contributed by atoms with Crippen molar-refractivity contribution >= 4 is 17.3 Å². The predicted octanol–water partition coefficient (Wildman–Crippen LogP) is 1.38. The van der Waals surface area contributed by atoms with Crippen LogP contribution in [0.25, 0.3) is 0 Å². The van der Waals surface area contributed by atoms with E-state index < -0.39 is 5.97 Å². The third-order valence-corrected chi connectivity index (χ3v) is 4.22. The van der Waals surface area contributed by atoms with Crippen LogP contribution in [0, 0.1) is 0 Å². The SMILES string of the molecule is O=C(O)c1sc(C2COCCN2)nc1C1CC1. The van der Waals surface area contributed by atoms with Gasteiger partial charge in [-0.1, -0.05) is 0 Å². The first-order valence-corrected chi connectivity index (χ1v) is 6.62. The van der Waals surface area contributed by atoms with Gasteiger partial charge in [0.1, 0.15) is 9.88 Å². The summed E-state index contributed by atoms with van der Waals surface area (Å²) in [5.74, 6) is -0.483. The number of rotatable bonds is 3. The van der Waals surface area contributed by atoms with Gasteiger partial charge in [0.25, 0.3) is 0 Å². The normalized spacial score (nSPS) is 24.8. The molecule has 1 atom stereocenters. The molecule has 1 saturated carbocycles. The summed E-state index contributed by atoms with van der Waals surface area (Å²) in [6.07, 6.45) is 2.14. The minimum atomic E-state index is -0.854. The van der Waals surface area contributed by atoms with Crippen LogP contribution in [0.15, 0.2) is 0 Å². The molecular weight excluding hydrogens is 240 g/mol. The molecule has 1 aliphatic heterocycles. The van der Waals surface area contributed by atoms with Gasteiger partial charge in [-0.05, 0) is 12.8 Å². The summed E-state index contributed by atoms with van der Waals surface area (Å²) in [6, 6.07) is 0.0550. The van der Waals surface area contributed by atoms with Gasteiger partial charge in [-0.2, -0.15) is 0 Å². The second-order valence-corrected chi connectivity index (χ2v) is 5.46. The highest BCUT2D eigenvalue weighted by molar-refractivity contribution is 7.13. The molecule has 92 valence electrons. The summed E-state index contributed by atoms with van der Waals surface area (Å²) in [4.78, 5) is 16.1. The first-order valence-electron chi connectivity index (χ1n) is 5.80. The average Bonchev–Trinajstić information content (AvgIpc) is 3.09. The molecule has 2 N–H and O–H groups in total. The van der Waals surface area contributed by atoms with E-state index in [0.717, 1.165) is 30.1 Å². The number of aromatic nitrogens is 1. The van der Waals surface area contributed by atoms with Gasteiger partial charge in [0.2, 0.25) is 0 Å². The lowest BCUT2D eigenvalue weighted by atomic mass is 10.2. The van der Waals surface area contributed by atoms with E-state index in [9.17, 15) is 9.90 Å². The Kier molecular flexibility index (Phi) is 2.85. The number of hydrogen-bond donors (Lipinski definition) is 2. The van der Waals surface area contributed by atoms with E-state index in [0.29, 0.717) is 24.0 Å². The van der Waals surface area contributed by atoms with Crippen LogP contribution in [0.4, 0.5) is 0 Å². The topological polar surface area (TPSA) is 71.5 Å². The fourth-order valence-electron chi connectivity index (χ4n) is 2.01. The van der Waals surface area contributed by atoms with Crippen molar-refractivity contribution in [3.63, 3.8) is 0 Å². The predicted molar refractivity (Wildman–Crippen MR) is 62.6 cm³/mol. The first-order chi connectivity index (χ1) is 8.25. The molecule has 2 fully saturated rings. The highest BCUT2D eigenvalue weighted by atomic mass is 32.1. The highest BCUT2D eigenvalue weighted by Crippen LogP contribution is 2.43. The maximum atomic E-state index is 11.2. The molecule has 2 heterocycles. The summed E-state index contributed by atoms with van der Waals surface area (Å²) < 4.78 is 5.38. The highest BCUT2D eigenvalue weighted by Gasteiger charge is 2.33. The van der Waals surface area contributed by atoms with Crippen molar-refractivity contribution in [1.29, 1.82) is 0 Å². The van der Waals surface area contributed by atoms with Crippen LogP contribution >= 0.6 is 11.3 Å². The molecule has 1 aromatic rings. The van der Waals surface area contributed by atoms with Gasteiger partial charge in [-0.25, -0.2) is 9.78 Å². The second-order valence-electron chi connectivity index (χ2n) is 4.43. The largest absolute Gasteiger partial charge is 0.477 e. The molecule has 1 aromatic heterocycles. The molecule has 0 radical (unpaired) electrons. The molecule has 1 saturated heterocycles. The van der Waals surface area contributed by atoms with E-state index in [4.69, 9.17) is 4.74 Å². The van der Waals surface area contributed by atoms with E-state index in [1.165, 1.54) is 11.3 Å². The number of nitrogens with one attached hydrogen (secondary N) is 1. The molecule has 0 bridgehead atoms. The molecule has 1 unspecified atom stereocenters. The van der Waals surface area contributed by atoms with Gasteiger partial charge in [0.05, 0.1) is 24.9 Å². The van der Waals surface area contributed by atoms with Crippen LogP contribution < -0.4 is 5.32 Å². The Morgan fingerprint density at radius 2 is 2.35 bits per heavy atom. The van der Waals surface area contributed by atoms with Crippen molar-refractivity contribution in [3.8, 4) is 0 Å². The van der Waals surface area contributed by atoms with Crippen molar-refractivity contribution in [1.82, 2.24) is 10.3 Å². The van der Waals surface area contributed by atoms with Crippen LogP contribution in [0.3, 0.4) is 0 Å². The van der Waals surface area contributed by atoms with Crippen LogP contribution in [-0.4, -0.2) is 35.8 Å². The second kappa shape index (κ2) is 4.36. The molecule has 0 aromatic carbocycles. The van der Waals surface area contributed by atoms with Crippen LogP contribution in [0.2, 0.25) is 0 Å². The molecule has 0 amide bonds. The lowest BCUT2D eigenvalue weighted by Gasteiger charge is -2.21. The minimum absolute atomic E-state index is 0.0550. The molecule has 3 rings (SSSR count). The van der Waals surface area contributed by atoms with E-state index in [2.05, 4.69) is 10.3 Å². The van der Waals surface area contributed by atoms with Gasteiger partial charge in [0, 0.05) is 12.5 Å². The lowest BCUT2D eigenvalue weighted by molar-refractivity contribution is 0.0700. The monoisotopic (exact) mass is 254 g/mol. The van der Waals surface area contributed by atoms with Crippen molar-refractivity contribution in [2.75, 3.05) is 19.8 Å². The zero-order chi connectivity index (χ0) is 11.8. The Bertz CT molecular complexity index is 436. The third kappa shape index (κ3) is 2.20. The zero-order valence-corrected chi connectivity index (χ0v) is 10.1. The Balaban J connectivity index is 1.89. The van der Waals surface area contributed by atoms with Crippen LogP contribution in [-0.2, 0) is 4.74 Å². The summed E-state index contributed by atoms with van der Waals surface area (Å²) in [5, 5.41) is 13.3. The number of carboxylic acid groups (broad SMARTS) is 1. The number of thiazole rings is 1.